The molecule has 0 saturated heterocycles. The van der Waals surface area contributed by atoms with Crippen LogP contribution in [0.25, 0.3) is 0 Å². The molecule has 1 aliphatic rings. The standard InChI is InChI=1S/C13H17Cl2N/c14-12-5-2-6-13(15)11(12)8-9-3-1-4-10(16)7-9/h2,5-6,9-10H,1,3-4,7-8,16H2. The number of benzene rings is 1. The smallest absolute Gasteiger partial charge is 0.0452 e. The average molecular weight is 258 g/mol. The molecular formula is C13H17Cl2N. The Morgan fingerprint density at radius 2 is 1.88 bits per heavy atom. The molecule has 0 spiro atoms. The first-order valence-corrected chi connectivity index (χ1v) is 6.61. The van der Waals surface area contributed by atoms with Crippen LogP contribution in [0.15, 0.2) is 18.2 Å². The lowest BCUT2D eigenvalue weighted by atomic mass is 9.82. The molecule has 0 heterocycles. The quantitative estimate of drug-likeness (QED) is 0.850. The molecule has 88 valence electrons. The van der Waals surface area contributed by atoms with Gasteiger partial charge in [-0.1, -0.05) is 42.1 Å². The summed E-state index contributed by atoms with van der Waals surface area (Å²) in [5.74, 6) is 0.640. The van der Waals surface area contributed by atoms with Crippen LogP contribution in [0.5, 0.6) is 0 Å². The number of hydrogen-bond acceptors (Lipinski definition) is 1. The Morgan fingerprint density at radius 3 is 2.50 bits per heavy atom. The maximum atomic E-state index is 6.17. The highest BCUT2D eigenvalue weighted by Crippen LogP contribution is 2.32. The van der Waals surface area contributed by atoms with Crippen LogP contribution < -0.4 is 5.73 Å². The molecule has 0 bridgehead atoms. The summed E-state index contributed by atoms with van der Waals surface area (Å²) in [6, 6.07) is 6.07. The minimum Gasteiger partial charge on any atom is -0.328 e. The van der Waals surface area contributed by atoms with Gasteiger partial charge in [0.2, 0.25) is 0 Å². The molecule has 2 rings (SSSR count). The molecule has 2 atom stereocenters. The monoisotopic (exact) mass is 257 g/mol. The van der Waals surface area contributed by atoms with Crippen molar-refractivity contribution >= 4 is 23.2 Å². The van der Waals surface area contributed by atoms with Crippen LogP contribution in [-0.4, -0.2) is 6.04 Å². The molecular weight excluding hydrogens is 241 g/mol. The molecule has 1 saturated carbocycles. The first kappa shape index (κ1) is 12.2. The Hall–Kier alpha value is -0.240. The minimum absolute atomic E-state index is 0.361. The van der Waals surface area contributed by atoms with Crippen LogP contribution in [-0.2, 0) is 6.42 Å². The zero-order valence-corrected chi connectivity index (χ0v) is 10.8. The largest absolute Gasteiger partial charge is 0.328 e. The van der Waals surface area contributed by atoms with Crippen LogP contribution in [0.1, 0.15) is 31.2 Å². The molecule has 0 amide bonds. The Bertz CT molecular complexity index is 345. The van der Waals surface area contributed by atoms with Gasteiger partial charge in [0.05, 0.1) is 0 Å². The Morgan fingerprint density at radius 1 is 1.19 bits per heavy atom. The predicted octanol–water partition coefficient (Wildman–Crippen LogP) is 4.05. The second-order valence-corrected chi connectivity index (χ2v) is 5.51. The SMILES string of the molecule is NC1CCCC(Cc2c(Cl)cccc2Cl)C1. The number of halogens is 2. The maximum Gasteiger partial charge on any atom is 0.0452 e. The Balaban J connectivity index is 2.08. The van der Waals surface area contributed by atoms with E-state index >= 15 is 0 Å². The van der Waals surface area contributed by atoms with Gasteiger partial charge >= 0.3 is 0 Å². The molecule has 1 nitrogen and oxygen atoms in total. The molecule has 0 radical (unpaired) electrons. The van der Waals surface area contributed by atoms with Gasteiger partial charge < -0.3 is 5.73 Å². The molecule has 1 aromatic carbocycles. The van der Waals surface area contributed by atoms with Crippen molar-refractivity contribution < 1.29 is 0 Å². The molecule has 1 aromatic rings. The minimum atomic E-state index is 0.361. The van der Waals surface area contributed by atoms with Crippen molar-refractivity contribution in [3.05, 3.63) is 33.8 Å². The normalized spacial score (nSPS) is 25.7. The zero-order valence-electron chi connectivity index (χ0n) is 9.26. The van der Waals surface area contributed by atoms with Gasteiger partial charge in [0.15, 0.2) is 0 Å². The fourth-order valence-electron chi connectivity index (χ4n) is 2.53. The summed E-state index contributed by atoms with van der Waals surface area (Å²) in [5.41, 5.74) is 7.08. The lowest BCUT2D eigenvalue weighted by molar-refractivity contribution is 0.321. The topological polar surface area (TPSA) is 26.0 Å². The van der Waals surface area contributed by atoms with E-state index in [1.807, 2.05) is 18.2 Å². The molecule has 3 heteroatoms. The highest BCUT2D eigenvalue weighted by molar-refractivity contribution is 6.35. The number of rotatable bonds is 2. The van der Waals surface area contributed by atoms with Crippen molar-refractivity contribution in [2.75, 3.05) is 0 Å². The first-order chi connectivity index (χ1) is 7.66. The van der Waals surface area contributed by atoms with Gasteiger partial charge in [-0.2, -0.15) is 0 Å². The van der Waals surface area contributed by atoms with Gasteiger partial charge in [0.25, 0.3) is 0 Å². The van der Waals surface area contributed by atoms with Gasteiger partial charge in [0.1, 0.15) is 0 Å². The zero-order chi connectivity index (χ0) is 11.5. The van der Waals surface area contributed by atoms with Crippen molar-refractivity contribution in [1.82, 2.24) is 0 Å². The second-order valence-electron chi connectivity index (χ2n) is 4.70. The summed E-state index contributed by atoms with van der Waals surface area (Å²) in [6.45, 7) is 0. The van der Waals surface area contributed by atoms with Crippen LogP contribution in [0.3, 0.4) is 0 Å². The lowest BCUT2D eigenvalue weighted by Gasteiger charge is -2.27. The number of nitrogens with two attached hydrogens (primary N) is 1. The highest BCUT2D eigenvalue weighted by atomic mass is 35.5. The molecule has 16 heavy (non-hydrogen) atoms. The first-order valence-electron chi connectivity index (χ1n) is 5.85. The second kappa shape index (κ2) is 5.39. The van der Waals surface area contributed by atoms with Crippen LogP contribution in [0, 0.1) is 5.92 Å². The summed E-state index contributed by atoms with van der Waals surface area (Å²) >= 11 is 12.3. The van der Waals surface area contributed by atoms with Crippen molar-refractivity contribution in [2.45, 2.75) is 38.1 Å². The summed E-state index contributed by atoms with van der Waals surface area (Å²) in [5, 5.41) is 1.57. The van der Waals surface area contributed by atoms with Crippen molar-refractivity contribution in [2.24, 2.45) is 11.7 Å². The Labute approximate surface area is 107 Å². The molecule has 0 aliphatic heterocycles. The van der Waals surface area contributed by atoms with E-state index in [9.17, 15) is 0 Å². The van der Waals surface area contributed by atoms with Gasteiger partial charge in [-0.3, -0.25) is 0 Å². The Kier molecular flexibility index (Phi) is 4.12. The van der Waals surface area contributed by atoms with E-state index < -0.39 is 0 Å². The van der Waals surface area contributed by atoms with E-state index in [4.69, 9.17) is 28.9 Å². The molecule has 2 N–H and O–H groups in total. The third-order valence-electron chi connectivity index (χ3n) is 3.38. The summed E-state index contributed by atoms with van der Waals surface area (Å²) in [4.78, 5) is 0. The summed E-state index contributed by atoms with van der Waals surface area (Å²) in [6.07, 6.45) is 5.70. The van der Waals surface area contributed by atoms with Crippen LogP contribution in [0.2, 0.25) is 10.0 Å². The highest BCUT2D eigenvalue weighted by Gasteiger charge is 2.21. The molecule has 1 aliphatic carbocycles. The van der Waals surface area contributed by atoms with Crippen molar-refractivity contribution in [1.29, 1.82) is 0 Å². The van der Waals surface area contributed by atoms with Gasteiger partial charge in [-0.15, -0.1) is 0 Å². The van der Waals surface area contributed by atoms with E-state index in [0.717, 1.165) is 34.9 Å². The molecule has 1 fully saturated rings. The lowest BCUT2D eigenvalue weighted by Crippen LogP contribution is -2.28. The van der Waals surface area contributed by atoms with E-state index in [-0.39, 0.29) is 0 Å². The predicted molar refractivity (Wildman–Crippen MR) is 70.1 cm³/mol. The molecule has 0 aromatic heterocycles. The van der Waals surface area contributed by atoms with Crippen molar-refractivity contribution in [3.8, 4) is 0 Å². The van der Waals surface area contributed by atoms with Gasteiger partial charge in [0, 0.05) is 16.1 Å². The van der Waals surface area contributed by atoms with E-state index in [1.54, 1.807) is 0 Å². The third kappa shape index (κ3) is 2.91. The fourth-order valence-corrected chi connectivity index (χ4v) is 3.09. The van der Waals surface area contributed by atoms with E-state index in [1.165, 1.54) is 12.8 Å². The van der Waals surface area contributed by atoms with Crippen molar-refractivity contribution in [3.63, 3.8) is 0 Å². The van der Waals surface area contributed by atoms with E-state index in [2.05, 4.69) is 0 Å². The molecule has 2 unspecified atom stereocenters. The van der Waals surface area contributed by atoms with E-state index in [0.29, 0.717) is 12.0 Å². The third-order valence-corrected chi connectivity index (χ3v) is 4.09. The number of hydrogen-bond donors (Lipinski definition) is 1. The maximum absolute atomic E-state index is 6.17. The van der Waals surface area contributed by atoms with Crippen LogP contribution >= 0.6 is 23.2 Å². The van der Waals surface area contributed by atoms with Gasteiger partial charge in [-0.25, -0.2) is 0 Å². The van der Waals surface area contributed by atoms with Crippen LogP contribution in [0.4, 0.5) is 0 Å². The average Bonchev–Trinajstić information content (AvgIpc) is 2.24. The summed E-state index contributed by atoms with van der Waals surface area (Å²) < 4.78 is 0. The van der Waals surface area contributed by atoms with Gasteiger partial charge in [-0.05, 0) is 42.9 Å². The fraction of sp³-hybridized carbons (Fsp3) is 0.538. The summed E-state index contributed by atoms with van der Waals surface area (Å²) in [7, 11) is 0.